The van der Waals surface area contributed by atoms with E-state index in [1.54, 1.807) is 12.1 Å². The number of nitriles is 1. The fourth-order valence-corrected chi connectivity index (χ4v) is 4.27. The molecule has 0 spiro atoms. The van der Waals surface area contributed by atoms with Crippen molar-refractivity contribution in [3.63, 3.8) is 0 Å². The van der Waals surface area contributed by atoms with Crippen LogP contribution in [-0.2, 0) is 19.9 Å². The fraction of sp³-hybridized carbons (Fsp3) is 0.118. The molecular formula is C17H16N2O6S2. The minimum absolute atomic E-state index is 0.0732. The van der Waals surface area contributed by atoms with E-state index in [1.165, 1.54) is 50.6 Å². The summed E-state index contributed by atoms with van der Waals surface area (Å²) in [6, 6.07) is 11.0. The minimum Gasteiger partial charge on any atom is -0.497 e. The number of sulfonamides is 1. The number of ether oxygens (including phenoxy) is 2. The predicted molar refractivity (Wildman–Crippen MR) is 98.7 cm³/mol. The second-order valence-corrected chi connectivity index (χ2v) is 8.61. The van der Waals surface area contributed by atoms with Gasteiger partial charge < -0.3 is 9.47 Å². The van der Waals surface area contributed by atoms with Gasteiger partial charge in [-0.3, -0.25) is 4.72 Å². The number of methoxy groups -OCH3 is 2. The summed E-state index contributed by atoms with van der Waals surface area (Å²) >= 11 is 0. The van der Waals surface area contributed by atoms with Gasteiger partial charge in [0.25, 0.3) is 10.0 Å². The Morgan fingerprint density at radius 3 is 2.22 bits per heavy atom. The molecule has 1 N–H and O–H groups in total. The maximum Gasteiger partial charge on any atom is 0.265 e. The largest absolute Gasteiger partial charge is 0.497 e. The Balaban J connectivity index is 2.34. The van der Waals surface area contributed by atoms with Crippen molar-refractivity contribution >= 4 is 25.5 Å². The molecular weight excluding hydrogens is 392 g/mol. The summed E-state index contributed by atoms with van der Waals surface area (Å²) in [5, 5.41) is 9.21. The summed E-state index contributed by atoms with van der Waals surface area (Å²) in [7, 11) is -5.03. The van der Waals surface area contributed by atoms with Crippen LogP contribution in [0.2, 0.25) is 0 Å². The first-order chi connectivity index (χ1) is 12.7. The van der Waals surface area contributed by atoms with Crippen LogP contribution in [0.1, 0.15) is 0 Å². The first-order valence-corrected chi connectivity index (χ1v) is 10.4. The highest BCUT2D eigenvalue weighted by atomic mass is 32.2. The minimum atomic E-state index is -4.01. The molecule has 2 aromatic rings. The highest BCUT2D eigenvalue weighted by Gasteiger charge is 2.21. The van der Waals surface area contributed by atoms with Crippen molar-refractivity contribution in [3.05, 3.63) is 53.9 Å². The monoisotopic (exact) mass is 408 g/mol. The molecule has 0 aliphatic heterocycles. The van der Waals surface area contributed by atoms with Crippen LogP contribution in [0.4, 0.5) is 5.69 Å². The molecule has 2 rings (SSSR count). The fourth-order valence-electron chi connectivity index (χ4n) is 2.12. The molecule has 0 aromatic heterocycles. The van der Waals surface area contributed by atoms with Gasteiger partial charge in [-0.1, -0.05) is 0 Å². The maximum atomic E-state index is 12.7. The third-order valence-corrected chi connectivity index (χ3v) is 6.24. The molecule has 0 aliphatic rings. The van der Waals surface area contributed by atoms with Crippen LogP contribution in [0.3, 0.4) is 0 Å². The molecule has 0 bridgehead atoms. The first kappa shape index (κ1) is 20.3. The number of rotatable bonds is 7. The number of hydrogen-bond acceptors (Lipinski definition) is 7. The van der Waals surface area contributed by atoms with Crippen LogP contribution in [0.15, 0.2) is 63.7 Å². The molecule has 0 saturated carbocycles. The smallest absolute Gasteiger partial charge is 0.265 e. The predicted octanol–water partition coefficient (Wildman–Crippen LogP) is 2.32. The zero-order valence-corrected chi connectivity index (χ0v) is 16.0. The number of anilines is 1. The van der Waals surface area contributed by atoms with Crippen molar-refractivity contribution in [1.82, 2.24) is 0 Å². The Bertz CT molecular complexity index is 1100. The molecule has 0 amide bonds. The van der Waals surface area contributed by atoms with Crippen LogP contribution in [0.5, 0.6) is 11.5 Å². The lowest BCUT2D eigenvalue weighted by atomic mass is 10.3. The van der Waals surface area contributed by atoms with Gasteiger partial charge in [0, 0.05) is 23.2 Å². The number of hydrogen-bond donors (Lipinski definition) is 1. The van der Waals surface area contributed by atoms with Gasteiger partial charge in [0.1, 0.15) is 16.4 Å². The van der Waals surface area contributed by atoms with E-state index < -0.39 is 19.9 Å². The Morgan fingerprint density at radius 2 is 1.67 bits per heavy atom. The molecule has 8 nitrogen and oxygen atoms in total. The summed E-state index contributed by atoms with van der Waals surface area (Å²) in [4.78, 5) is -0.200. The normalized spacial score (nSPS) is 11.7. The van der Waals surface area contributed by atoms with Crippen LogP contribution in [-0.4, -0.2) is 31.1 Å². The number of allylic oxidation sites excluding steroid dienone is 1. The Hall–Kier alpha value is -3.03. The summed E-state index contributed by atoms with van der Waals surface area (Å²) in [5.74, 6) is 0.464. The third kappa shape index (κ3) is 4.78. The van der Waals surface area contributed by atoms with Crippen LogP contribution >= 0.6 is 0 Å². The van der Waals surface area contributed by atoms with Gasteiger partial charge >= 0.3 is 0 Å². The molecule has 10 heteroatoms. The van der Waals surface area contributed by atoms with Gasteiger partial charge in [-0.2, -0.15) is 5.26 Å². The molecule has 27 heavy (non-hydrogen) atoms. The zero-order chi connectivity index (χ0) is 20.1. The summed E-state index contributed by atoms with van der Waals surface area (Å²) in [5.41, 5.74) is 0.156. The SMILES string of the molecule is COc1ccc(OC)c(S(=O)(=O)Nc2ccc(S(=O)(=O)/C=C/C#N)cc2)c1. The van der Waals surface area contributed by atoms with Crippen molar-refractivity contribution in [2.45, 2.75) is 9.79 Å². The summed E-state index contributed by atoms with van der Waals surface area (Å²) < 4.78 is 61.7. The van der Waals surface area contributed by atoms with Gasteiger partial charge in [-0.15, -0.1) is 0 Å². The van der Waals surface area contributed by atoms with Gasteiger partial charge in [-0.05, 0) is 36.4 Å². The van der Waals surface area contributed by atoms with E-state index in [4.69, 9.17) is 14.7 Å². The van der Waals surface area contributed by atoms with E-state index >= 15 is 0 Å². The van der Waals surface area contributed by atoms with E-state index in [1.807, 2.05) is 0 Å². The molecule has 0 atom stereocenters. The molecule has 0 unspecified atom stereocenters. The lowest BCUT2D eigenvalue weighted by Crippen LogP contribution is -2.14. The topological polar surface area (TPSA) is 123 Å². The summed E-state index contributed by atoms with van der Waals surface area (Å²) in [6.07, 6.45) is 0.848. The van der Waals surface area contributed by atoms with Gasteiger partial charge in [0.2, 0.25) is 9.84 Å². The van der Waals surface area contributed by atoms with Crippen molar-refractivity contribution in [3.8, 4) is 17.6 Å². The van der Waals surface area contributed by atoms with Gasteiger partial charge in [0.15, 0.2) is 0 Å². The van der Waals surface area contributed by atoms with Crippen molar-refractivity contribution in [2.24, 2.45) is 0 Å². The van der Waals surface area contributed by atoms with E-state index in [0.717, 1.165) is 11.5 Å². The quantitative estimate of drug-likeness (QED) is 0.697. The van der Waals surface area contributed by atoms with Crippen LogP contribution < -0.4 is 14.2 Å². The number of nitrogens with one attached hydrogen (secondary N) is 1. The van der Waals surface area contributed by atoms with E-state index in [2.05, 4.69) is 4.72 Å². The second-order valence-electron chi connectivity index (χ2n) is 5.12. The van der Waals surface area contributed by atoms with Crippen LogP contribution in [0.25, 0.3) is 0 Å². The van der Waals surface area contributed by atoms with Gasteiger partial charge in [-0.25, -0.2) is 16.8 Å². The van der Waals surface area contributed by atoms with E-state index in [9.17, 15) is 16.8 Å². The lowest BCUT2D eigenvalue weighted by Gasteiger charge is -2.13. The third-order valence-electron chi connectivity index (χ3n) is 3.42. The van der Waals surface area contributed by atoms with Crippen LogP contribution in [0, 0.1) is 11.3 Å². The first-order valence-electron chi connectivity index (χ1n) is 7.39. The molecule has 0 fully saturated rings. The van der Waals surface area contributed by atoms with Crippen molar-refractivity contribution < 1.29 is 26.3 Å². The summed E-state index contributed by atoms with van der Waals surface area (Å²) in [6.45, 7) is 0. The molecule has 2 aromatic carbocycles. The van der Waals surface area contributed by atoms with Crippen molar-refractivity contribution in [1.29, 1.82) is 5.26 Å². The van der Waals surface area contributed by atoms with E-state index in [0.29, 0.717) is 5.75 Å². The highest BCUT2D eigenvalue weighted by Crippen LogP contribution is 2.30. The van der Waals surface area contributed by atoms with Gasteiger partial charge in [0.05, 0.1) is 25.2 Å². The Labute approximate surface area is 157 Å². The molecule has 0 aliphatic carbocycles. The number of benzene rings is 2. The molecule has 0 saturated heterocycles. The molecule has 0 radical (unpaired) electrons. The lowest BCUT2D eigenvalue weighted by molar-refractivity contribution is 0.392. The van der Waals surface area contributed by atoms with Crippen molar-refractivity contribution in [2.75, 3.05) is 18.9 Å². The average Bonchev–Trinajstić information content (AvgIpc) is 2.66. The molecule has 0 heterocycles. The standard InChI is InChI=1S/C17H16N2O6S2/c1-24-14-6-9-16(25-2)17(12-14)27(22,23)19-13-4-7-15(8-5-13)26(20,21)11-3-10-18/h3-9,11-12,19H,1-2H3/b11-3+. The maximum absolute atomic E-state index is 12.7. The highest BCUT2D eigenvalue weighted by molar-refractivity contribution is 7.94. The molecule has 142 valence electrons. The zero-order valence-electron chi connectivity index (χ0n) is 14.4. The number of sulfone groups is 1. The van der Waals surface area contributed by atoms with E-state index in [-0.39, 0.29) is 21.2 Å². The average molecular weight is 408 g/mol. The second kappa shape index (κ2) is 8.11. The number of nitrogens with zero attached hydrogens (tertiary/aromatic N) is 1. The Morgan fingerprint density at radius 1 is 1.00 bits per heavy atom. The Kier molecular flexibility index (Phi) is 6.09.